The zero-order valence-corrected chi connectivity index (χ0v) is 14.1. The highest BCUT2D eigenvalue weighted by Crippen LogP contribution is 2.33. The zero-order valence-electron chi connectivity index (χ0n) is 14.1. The van der Waals surface area contributed by atoms with Crippen LogP contribution in [-0.2, 0) is 12.1 Å². The van der Waals surface area contributed by atoms with Crippen molar-refractivity contribution in [1.29, 1.82) is 0 Å². The fraction of sp³-hybridized carbons (Fsp3) is 0.0952. The van der Waals surface area contributed by atoms with Gasteiger partial charge >= 0.3 is 0 Å². The van der Waals surface area contributed by atoms with Gasteiger partial charge in [-0.15, -0.1) is 5.10 Å². The first-order valence-electron chi connectivity index (χ1n) is 8.41. The topological polar surface area (TPSA) is 63.8 Å². The third kappa shape index (κ3) is 3.00. The standard InChI is InChI=1S/C21H18N4O/c26-21(18-11-5-2-6-12-18,19-13-7-8-14-22-19)20-16-25(24-23-20)15-17-9-3-1-4-10-17/h1-14,16,26H,15H2/t21-/m0/s1. The Morgan fingerprint density at radius 3 is 2.19 bits per heavy atom. The van der Waals surface area contributed by atoms with Gasteiger partial charge in [0.1, 0.15) is 5.69 Å². The molecule has 0 bridgehead atoms. The van der Waals surface area contributed by atoms with Crippen LogP contribution in [0.4, 0.5) is 0 Å². The molecule has 0 aliphatic carbocycles. The van der Waals surface area contributed by atoms with E-state index in [0.29, 0.717) is 23.5 Å². The van der Waals surface area contributed by atoms with Gasteiger partial charge in [0, 0.05) is 6.20 Å². The van der Waals surface area contributed by atoms with E-state index in [-0.39, 0.29) is 0 Å². The van der Waals surface area contributed by atoms with E-state index >= 15 is 0 Å². The van der Waals surface area contributed by atoms with Crippen LogP contribution in [-0.4, -0.2) is 25.1 Å². The summed E-state index contributed by atoms with van der Waals surface area (Å²) in [6.07, 6.45) is 3.44. The molecule has 0 radical (unpaired) electrons. The molecule has 128 valence electrons. The number of pyridine rings is 1. The van der Waals surface area contributed by atoms with Gasteiger partial charge in [-0.2, -0.15) is 0 Å². The molecule has 5 nitrogen and oxygen atoms in total. The number of hydrogen-bond acceptors (Lipinski definition) is 4. The lowest BCUT2D eigenvalue weighted by Crippen LogP contribution is -2.30. The number of nitrogens with zero attached hydrogens (tertiary/aromatic N) is 4. The molecule has 4 rings (SSSR count). The van der Waals surface area contributed by atoms with Crippen LogP contribution in [0.5, 0.6) is 0 Å². The van der Waals surface area contributed by atoms with E-state index in [0.717, 1.165) is 5.56 Å². The fourth-order valence-corrected chi connectivity index (χ4v) is 3.00. The Morgan fingerprint density at radius 1 is 0.808 bits per heavy atom. The van der Waals surface area contributed by atoms with Gasteiger partial charge in [0.15, 0.2) is 5.60 Å². The molecule has 1 N–H and O–H groups in total. The molecule has 0 saturated heterocycles. The van der Waals surface area contributed by atoms with Crippen molar-refractivity contribution in [2.45, 2.75) is 12.1 Å². The first-order chi connectivity index (χ1) is 12.8. The summed E-state index contributed by atoms with van der Waals surface area (Å²) in [5, 5.41) is 20.1. The Balaban J connectivity index is 1.76. The molecule has 4 aromatic rings. The molecule has 2 aromatic carbocycles. The summed E-state index contributed by atoms with van der Waals surface area (Å²) in [5.41, 5.74) is 1.31. The van der Waals surface area contributed by atoms with Crippen LogP contribution in [0, 0.1) is 0 Å². The van der Waals surface area contributed by atoms with Crippen molar-refractivity contribution in [3.05, 3.63) is 114 Å². The van der Waals surface area contributed by atoms with Gasteiger partial charge in [0.25, 0.3) is 0 Å². The molecule has 0 spiro atoms. The minimum absolute atomic E-state index is 0.443. The van der Waals surface area contributed by atoms with Crippen LogP contribution in [0.25, 0.3) is 0 Å². The molecule has 26 heavy (non-hydrogen) atoms. The lowest BCUT2D eigenvalue weighted by Gasteiger charge is -2.25. The maximum atomic E-state index is 11.6. The lowest BCUT2D eigenvalue weighted by atomic mass is 9.87. The summed E-state index contributed by atoms with van der Waals surface area (Å²) >= 11 is 0. The minimum atomic E-state index is -1.46. The Morgan fingerprint density at radius 2 is 1.50 bits per heavy atom. The normalized spacial score (nSPS) is 13.3. The fourth-order valence-electron chi connectivity index (χ4n) is 3.00. The molecule has 0 aliphatic rings. The van der Waals surface area contributed by atoms with Gasteiger partial charge in [0.05, 0.1) is 18.4 Å². The number of aromatic nitrogens is 4. The summed E-state index contributed by atoms with van der Waals surface area (Å²) < 4.78 is 1.72. The second kappa shape index (κ2) is 6.90. The van der Waals surface area contributed by atoms with Crippen LogP contribution >= 0.6 is 0 Å². The number of benzene rings is 2. The molecule has 0 amide bonds. The zero-order chi connectivity index (χ0) is 17.8. The number of hydrogen-bond donors (Lipinski definition) is 1. The van der Waals surface area contributed by atoms with Crippen molar-refractivity contribution < 1.29 is 5.11 Å². The molecular formula is C21H18N4O. The van der Waals surface area contributed by atoms with Gasteiger partial charge in [0.2, 0.25) is 0 Å². The van der Waals surface area contributed by atoms with Crippen LogP contribution in [0.1, 0.15) is 22.5 Å². The van der Waals surface area contributed by atoms with Crippen LogP contribution in [0.15, 0.2) is 91.3 Å². The average Bonchev–Trinajstić information content (AvgIpc) is 3.18. The van der Waals surface area contributed by atoms with Gasteiger partial charge < -0.3 is 5.11 Å². The molecule has 2 heterocycles. The van der Waals surface area contributed by atoms with Gasteiger partial charge in [-0.1, -0.05) is 71.9 Å². The van der Waals surface area contributed by atoms with Gasteiger partial charge in [-0.3, -0.25) is 4.98 Å². The summed E-state index contributed by atoms with van der Waals surface area (Å²) in [4.78, 5) is 4.37. The quantitative estimate of drug-likeness (QED) is 0.605. The third-order valence-electron chi connectivity index (χ3n) is 4.32. The molecule has 2 aromatic heterocycles. The molecule has 0 aliphatic heterocycles. The molecule has 0 unspecified atom stereocenters. The second-order valence-corrected chi connectivity index (χ2v) is 6.08. The maximum Gasteiger partial charge on any atom is 0.177 e. The second-order valence-electron chi connectivity index (χ2n) is 6.08. The van der Waals surface area contributed by atoms with E-state index < -0.39 is 5.60 Å². The third-order valence-corrected chi connectivity index (χ3v) is 4.32. The maximum absolute atomic E-state index is 11.6. The van der Waals surface area contributed by atoms with Crippen molar-refractivity contribution in [3.8, 4) is 0 Å². The van der Waals surface area contributed by atoms with Crippen LogP contribution in [0.3, 0.4) is 0 Å². The highest BCUT2D eigenvalue weighted by atomic mass is 16.3. The predicted octanol–water partition coefficient (Wildman–Crippen LogP) is 3.01. The predicted molar refractivity (Wildman–Crippen MR) is 98.3 cm³/mol. The number of aliphatic hydroxyl groups is 1. The average molecular weight is 342 g/mol. The minimum Gasteiger partial charge on any atom is -0.373 e. The van der Waals surface area contributed by atoms with Crippen molar-refractivity contribution in [2.24, 2.45) is 0 Å². The summed E-state index contributed by atoms with van der Waals surface area (Å²) in [7, 11) is 0. The van der Waals surface area contributed by atoms with E-state index in [1.807, 2.05) is 72.8 Å². The van der Waals surface area contributed by atoms with Crippen LogP contribution in [0.2, 0.25) is 0 Å². The summed E-state index contributed by atoms with van der Waals surface area (Å²) in [6, 6.07) is 24.9. The highest BCUT2D eigenvalue weighted by molar-refractivity contribution is 5.40. The summed E-state index contributed by atoms with van der Waals surface area (Å²) in [6.45, 7) is 0.584. The van der Waals surface area contributed by atoms with Crippen molar-refractivity contribution in [1.82, 2.24) is 20.0 Å². The Bertz CT molecular complexity index is 929. The smallest absolute Gasteiger partial charge is 0.177 e. The first-order valence-corrected chi connectivity index (χ1v) is 8.41. The van der Waals surface area contributed by atoms with Crippen molar-refractivity contribution in [2.75, 3.05) is 0 Å². The van der Waals surface area contributed by atoms with E-state index in [1.165, 1.54) is 0 Å². The SMILES string of the molecule is O[C@@](c1ccccc1)(c1ccccn1)c1cn(Cc2ccccc2)nn1. The largest absolute Gasteiger partial charge is 0.373 e. The molecule has 0 fully saturated rings. The van der Waals surface area contributed by atoms with Gasteiger partial charge in [-0.25, -0.2) is 4.68 Å². The number of rotatable bonds is 5. The van der Waals surface area contributed by atoms with E-state index in [9.17, 15) is 5.11 Å². The van der Waals surface area contributed by atoms with E-state index in [1.54, 1.807) is 23.1 Å². The van der Waals surface area contributed by atoms with E-state index in [4.69, 9.17) is 0 Å². The Labute approximate surface area is 151 Å². The molecule has 5 heteroatoms. The van der Waals surface area contributed by atoms with E-state index in [2.05, 4.69) is 15.3 Å². The molecular weight excluding hydrogens is 324 g/mol. The Kier molecular flexibility index (Phi) is 4.29. The summed E-state index contributed by atoms with van der Waals surface area (Å²) in [5.74, 6) is 0. The molecule has 0 saturated carbocycles. The lowest BCUT2D eigenvalue weighted by molar-refractivity contribution is 0.116. The van der Waals surface area contributed by atoms with Crippen molar-refractivity contribution >= 4 is 0 Å². The van der Waals surface area contributed by atoms with Crippen LogP contribution < -0.4 is 0 Å². The van der Waals surface area contributed by atoms with Crippen molar-refractivity contribution in [3.63, 3.8) is 0 Å². The Hall–Kier alpha value is -3.31. The monoisotopic (exact) mass is 342 g/mol. The molecule has 1 atom stereocenters. The van der Waals surface area contributed by atoms with Gasteiger partial charge in [-0.05, 0) is 23.3 Å². The highest BCUT2D eigenvalue weighted by Gasteiger charge is 2.38. The first kappa shape index (κ1) is 16.2.